The Morgan fingerprint density at radius 2 is 1.74 bits per heavy atom. The maximum Gasteiger partial charge on any atom is 0.235 e. The van der Waals surface area contributed by atoms with E-state index in [1.165, 1.54) is 6.92 Å². The van der Waals surface area contributed by atoms with Gasteiger partial charge in [0.05, 0.1) is 5.69 Å². The molecule has 0 saturated carbocycles. The van der Waals surface area contributed by atoms with E-state index >= 15 is 0 Å². The Hall–Kier alpha value is -2.49. The number of amides is 1. The van der Waals surface area contributed by atoms with Gasteiger partial charge in [-0.3, -0.25) is 15.6 Å². The van der Waals surface area contributed by atoms with Crippen molar-refractivity contribution in [2.75, 3.05) is 5.43 Å². The van der Waals surface area contributed by atoms with E-state index in [0.717, 1.165) is 17.0 Å². The van der Waals surface area contributed by atoms with Crippen molar-refractivity contribution in [1.82, 2.24) is 5.43 Å². The van der Waals surface area contributed by atoms with Crippen molar-refractivity contribution in [3.8, 4) is 5.75 Å². The van der Waals surface area contributed by atoms with Crippen molar-refractivity contribution >= 4 is 11.6 Å². The second-order valence-electron chi connectivity index (χ2n) is 4.10. The fourth-order valence-corrected chi connectivity index (χ4v) is 1.54. The highest BCUT2D eigenvalue weighted by atomic mass is 16.5. The summed E-state index contributed by atoms with van der Waals surface area (Å²) in [5, 5.41) is 0. The molecule has 0 radical (unpaired) electrons. The first-order valence-corrected chi connectivity index (χ1v) is 6.03. The van der Waals surface area contributed by atoms with Crippen LogP contribution in [0.1, 0.15) is 12.5 Å². The Morgan fingerprint density at radius 1 is 1.05 bits per heavy atom. The summed E-state index contributed by atoms with van der Waals surface area (Å²) in [5.74, 6) is 0.654. The minimum atomic E-state index is -0.135. The van der Waals surface area contributed by atoms with Gasteiger partial charge in [0.1, 0.15) is 12.4 Å². The van der Waals surface area contributed by atoms with Crippen LogP contribution < -0.4 is 15.6 Å². The van der Waals surface area contributed by atoms with Gasteiger partial charge in [-0.05, 0) is 29.8 Å². The van der Waals surface area contributed by atoms with Gasteiger partial charge < -0.3 is 4.74 Å². The summed E-state index contributed by atoms with van der Waals surface area (Å²) in [5.41, 5.74) is 7.23. The third kappa shape index (κ3) is 4.35. The average molecular weight is 256 g/mol. The largest absolute Gasteiger partial charge is 0.489 e. The molecule has 0 saturated heterocycles. The van der Waals surface area contributed by atoms with E-state index in [4.69, 9.17) is 4.74 Å². The van der Waals surface area contributed by atoms with Crippen LogP contribution in [0.25, 0.3) is 0 Å². The summed E-state index contributed by atoms with van der Waals surface area (Å²) in [6.45, 7) is 1.99. The third-order valence-corrected chi connectivity index (χ3v) is 2.49. The Bertz CT molecular complexity index is 524. The van der Waals surface area contributed by atoms with Crippen molar-refractivity contribution in [3.05, 3.63) is 60.2 Å². The summed E-state index contributed by atoms with van der Waals surface area (Å²) >= 11 is 0. The molecule has 0 aromatic heterocycles. The van der Waals surface area contributed by atoms with Gasteiger partial charge in [0.25, 0.3) is 0 Å². The first-order valence-electron chi connectivity index (χ1n) is 6.03. The third-order valence-electron chi connectivity index (χ3n) is 2.49. The van der Waals surface area contributed by atoms with Gasteiger partial charge in [0.2, 0.25) is 5.91 Å². The number of nitrogens with one attached hydrogen (secondary N) is 2. The van der Waals surface area contributed by atoms with Gasteiger partial charge in [-0.25, -0.2) is 0 Å². The summed E-state index contributed by atoms with van der Waals surface area (Å²) in [4.78, 5) is 10.7. The van der Waals surface area contributed by atoms with Crippen LogP contribution in [0.3, 0.4) is 0 Å². The highest BCUT2D eigenvalue weighted by Crippen LogP contribution is 2.16. The first-order chi connectivity index (χ1) is 9.24. The topological polar surface area (TPSA) is 50.4 Å². The molecule has 0 aliphatic carbocycles. The van der Waals surface area contributed by atoms with Crippen LogP contribution in [0, 0.1) is 0 Å². The smallest absolute Gasteiger partial charge is 0.235 e. The molecule has 0 aliphatic rings. The van der Waals surface area contributed by atoms with Crippen LogP contribution in [0.15, 0.2) is 54.6 Å². The van der Waals surface area contributed by atoms with Gasteiger partial charge in [-0.1, -0.05) is 30.3 Å². The van der Waals surface area contributed by atoms with E-state index < -0.39 is 0 Å². The van der Waals surface area contributed by atoms with E-state index in [2.05, 4.69) is 10.9 Å². The second kappa shape index (κ2) is 6.44. The van der Waals surface area contributed by atoms with Gasteiger partial charge in [-0.2, -0.15) is 0 Å². The Balaban J connectivity index is 1.86. The van der Waals surface area contributed by atoms with Crippen LogP contribution in [-0.2, 0) is 11.4 Å². The monoisotopic (exact) mass is 256 g/mol. The van der Waals surface area contributed by atoms with E-state index in [1.807, 2.05) is 54.6 Å². The van der Waals surface area contributed by atoms with Gasteiger partial charge in [-0.15, -0.1) is 0 Å². The standard InChI is InChI=1S/C15H16N2O2/c1-12(18)16-17-14-7-9-15(10-8-14)19-11-13-5-3-2-4-6-13/h2-10,17H,11H2,1H3,(H,16,18). The first kappa shape index (κ1) is 13.0. The summed E-state index contributed by atoms with van der Waals surface area (Å²) in [6, 6.07) is 17.4. The Kier molecular flexibility index (Phi) is 4.39. The SMILES string of the molecule is CC(=O)NNc1ccc(OCc2ccccc2)cc1. The zero-order valence-electron chi connectivity index (χ0n) is 10.7. The minimum Gasteiger partial charge on any atom is -0.489 e. The van der Waals surface area contributed by atoms with E-state index in [9.17, 15) is 4.79 Å². The lowest BCUT2D eigenvalue weighted by molar-refractivity contribution is -0.118. The molecule has 2 aromatic rings. The number of hydrogen-bond acceptors (Lipinski definition) is 3. The highest BCUT2D eigenvalue weighted by Gasteiger charge is 1.97. The molecule has 2 aromatic carbocycles. The molecular formula is C15H16N2O2. The molecule has 98 valence electrons. The number of hydrogen-bond donors (Lipinski definition) is 2. The Morgan fingerprint density at radius 3 is 2.37 bits per heavy atom. The Labute approximate surface area is 112 Å². The lowest BCUT2D eigenvalue weighted by atomic mass is 10.2. The molecule has 0 aliphatic heterocycles. The number of anilines is 1. The lowest BCUT2D eigenvalue weighted by Crippen LogP contribution is -2.26. The molecule has 0 unspecified atom stereocenters. The van der Waals surface area contributed by atoms with Crippen LogP contribution in [-0.4, -0.2) is 5.91 Å². The predicted octanol–water partition coefficient (Wildman–Crippen LogP) is 2.73. The molecule has 0 atom stereocenters. The molecule has 2 N–H and O–H groups in total. The maximum atomic E-state index is 10.7. The number of ether oxygens (including phenoxy) is 1. The van der Waals surface area contributed by atoms with Crippen molar-refractivity contribution in [3.63, 3.8) is 0 Å². The van der Waals surface area contributed by atoms with Crippen LogP contribution in [0.2, 0.25) is 0 Å². The van der Waals surface area contributed by atoms with Crippen molar-refractivity contribution in [1.29, 1.82) is 0 Å². The number of benzene rings is 2. The number of carbonyl (C=O) groups is 1. The molecule has 0 heterocycles. The van der Waals surface area contributed by atoms with Crippen LogP contribution in [0.4, 0.5) is 5.69 Å². The normalized spacial score (nSPS) is 9.74. The van der Waals surface area contributed by atoms with Crippen molar-refractivity contribution in [2.45, 2.75) is 13.5 Å². The highest BCUT2D eigenvalue weighted by molar-refractivity contribution is 5.74. The maximum absolute atomic E-state index is 10.7. The fraction of sp³-hybridized carbons (Fsp3) is 0.133. The summed E-state index contributed by atoms with van der Waals surface area (Å²) in [6.07, 6.45) is 0. The lowest BCUT2D eigenvalue weighted by Gasteiger charge is -2.09. The van der Waals surface area contributed by atoms with Gasteiger partial charge in [0, 0.05) is 6.92 Å². The predicted molar refractivity (Wildman–Crippen MR) is 74.7 cm³/mol. The molecule has 2 rings (SSSR count). The number of rotatable bonds is 5. The molecule has 19 heavy (non-hydrogen) atoms. The minimum absolute atomic E-state index is 0.135. The summed E-state index contributed by atoms with van der Waals surface area (Å²) in [7, 11) is 0. The molecule has 0 spiro atoms. The quantitative estimate of drug-likeness (QED) is 0.809. The fourth-order valence-electron chi connectivity index (χ4n) is 1.54. The average Bonchev–Trinajstić information content (AvgIpc) is 2.45. The van der Waals surface area contributed by atoms with E-state index in [1.54, 1.807) is 0 Å². The van der Waals surface area contributed by atoms with Crippen LogP contribution in [0.5, 0.6) is 5.75 Å². The molecule has 4 nitrogen and oxygen atoms in total. The van der Waals surface area contributed by atoms with Gasteiger partial charge in [0.15, 0.2) is 0 Å². The van der Waals surface area contributed by atoms with Crippen molar-refractivity contribution < 1.29 is 9.53 Å². The molecule has 1 amide bonds. The zero-order chi connectivity index (χ0) is 13.5. The molecular weight excluding hydrogens is 240 g/mol. The number of carbonyl (C=O) groups excluding carboxylic acids is 1. The zero-order valence-corrected chi connectivity index (χ0v) is 10.7. The van der Waals surface area contributed by atoms with E-state index in [-0.39, 0.29) is 5.91 Å². The number of hydrazine groups is 1. The summed E-state index contributed by atoms with van der Waals surface area (Å²) < 4.78 is 5.66. The van der Waals surface area contributed by atoms with Gasteiger partial charge >= 0.3 is 0 Å². The second-order valence-corrected chi connectivity index (χ2v) is 4.10. The van der Waals surface area contributed by atoms with E-state index in [0.29, 0.717) is 6.61 Å². The van der Waals surface area contributed by atoms with Crippen molar-refractivity contribution in [2.24, 2.45) is 0 Å². The molecule has 4 heteroatoms. The molecule has 0 fully saturated rings. The van der Waals surface area contributed by atoms with Crippen LogP contribution >= 0.6 is 0 Å². The molecule has 0 bridgehead atoms.